The summed E-state index contributed by atoms with van der Waals surface area (Å²) in [7, 11) is 0. The Hall–Kier alpha value is -3.77. The van der Waals surface area contributed by atoms with Gasteiger partial charge in [0.15, 0.2) is 0 Å². The van der Waals surface area contributed by atoms with E-state index in [0.29, 0.717) is 22.4 Å². The quantitative estimate of drug-likeness (QED) is 0.178. The molecule has 0 atom stereocenters. The zero-order valence-corrected chi connectivity index (χ0v) is 17.9. The summed E-state index contributed by atoms with van der Waals surface area (Å²) in [4.78, 5) is 25.0. The Balaban J connectivity index is 1.53. The first-order valence-electron chi connectivity index (χ1n) is 9.50. The van der Waals surface area contributed by atoms with E-state index in [1.165, 1.54) is 6.21 Å². The number of fused-ring (bicyclic) bond motifs is 1. The molecule has 0 bridgehead atoms. The predicted molar refractivity (Wildman–Crippen MR) is 125 cm³/mol. The fourth-order valence-corrected chi connectivity index (χ4v) is 3.47. The van der Waals surface area contributed by atoms with Crippen LogP contribution in [-0.2, 0) is 0 Å². The van der Waals surface area contributed by atoms with Crippen LogP contribution >= 0.6 is 15.9 Å². The van der Waals surface area contributed by atoms with Gasteiger partial charge in [0, 0.05) is 15.6 Å². The summed E-state index contributed by atoms with van der Waals surface area (Å²) in [5.41, 5.74) is 4.05. The molecule has 152 valence electrons. The lowest BCUT2D eigenvalue weighted by atomic mass is 10.0. The van der Waals surface area contributed by atoms with Crippen molar-refractivity contribution >= 4 is 44.8 Å². The predicted octanol–water partition coefficient (Wildman–Crippen LogP) is 5.59. The van der Waals surface area contributed by atoms with E-state index in [2.05, 4.69) is 26.5 Å². The van der Waals surface area contributed by atoms with E-state index in [0.717, 1.165) is 15.2 Å². The molecule has 0 saturated heterocycles. The van der Waals surface area contributed by atoms with Crippen molar-refractivity contribution in [3.05, 3.63) is 112 Å². The summed E-state index contributed by atoms with van der Waals surface area (Å²) in [6.07, 6.45) is 1.45. The van der Waals surface area contributed by atoms with Crippen LogP contribution in [0.1, 0.15) is 26.3 Å². The number of hydrazone groups is 1. The van der Waals surface area contributed by atoms with Gasteiger partial charge in [0.05, 0.1) is 11.8 Å². The largest absolute Gasteiger partial charge is 0.422 e. The SMILES string of the molecule is O=C(Oc1ccc(Br)cc1/C=N\NC(=O)c1cccc2ccccc12)c1ccccc1. The van der Waals surface area contributed by atoms with Gasteiger partial charge in [0.1, 0.15) is 5.75 Å². The van der Waals surface area contributed by atoms with Crippen LogP contribution in [0.4, 0.5) is 0 Å². The Labute approximate surface area is 187 Å². The number of rotatable bonds is 5. The summed E-state index contributed by atoms with van der Waals surface area (Å²) < 4.78 is 6.31. The number of benzene rings is 4. The maximum Gasteiger partial charge on any atom is 0.343 e. The van der Waals surface area contributed by atoms with Gasteiger partial charge in [-0.05, 0) is 47.2 Å². The zero-order chi connectivity index (χ0) is 21.6. The molecule has 4 rings (SSSR count). The maximum atomic E-state index is 12.6. The molecule has 4 aromatic rings. The van der Waals surface area contributed by atoms with Gasteiger partial charge in [0.25, 0.3) is 5.91 Å². The molecule has 6 heteroatoms. The summed E-state index contributed by atoms with van der Waals surface area (Å²) in [5.74, 6) is -0.469. The molecule has 0 radical (unpaired) electrons. The molecule has 0 heterocycles. The van der Waals surface area contributed by atoms with Gasteiger partial charge in [-0.15, -0.1) is 0 Å². The van der Waals surface area contributed by atoms with Crippen molar-refractivity contribution in [2.45, 2.75) is 0 Å². The fraction of sp³-hybridized carbons (Fsp3) is 0. The third-order valence-corrected chi connectivity index (χ3v) is 5.08. The van der Waals surface area contributed by atoms with E-state index in [1.54, 1.807) is 48.5 Å². The van der Waals surface area contributed by atoms with Crippen LogP contribution in [0.3, 0.4) is 0 Å². The number of amides is 1. The molecule has 0 spiro atoms. The van der Waals surface area contributed by atoms with E-state index in [-0.39, 0.29) is 5.91 Å². The minimum atomic E-state index is -0.475. The molecule has 0 aliphatic rings. The Morgan fingerprint density at radius 3 is 2.45 bits per heavy atom. The van der Waals surface area contributed by atoms with Crippen molar-refractivity contribution in [2.75, 3.05) is 0 Å². The first-order chi connectivity index (χ1) is 15.1. The van der Waals surface area contributed by atoms with Crippen molar-refractivity contribution in [1.82, 2.24) is 5.43 Å². The second-order valence-electron chi connectivity index (χ2n) is 6.66. The lowest BCUT2D eigenvalue weighted by molar-refractivity contribution is 0.0734. The summed E-state index contributed by atoms with van der Waals surface area (Å²) in [5, 5.41) is 5.89. The second kappa shape index (κ2) is 9.36. The maximum absolute atomic E-state index is 12.6. The van der Waals surface area contributed by atoms with Crippen LogP contribution in [0.15, 0.2) is 101 Å². The molecule has 5 nitrogen and oxygen atoms in total. The van der Waals surface area contributed by atoms with Gasteiger partial charge in [-0.25, -0.2) is 10.2 Å². The van der Waals surface area contributed by atoms with Crippen molar-refractivity contribution < 1.29 is 14.3 Å². The lowest BCUT2D eigenvalue weighted by Gasteiger charge is -2.08. The Bertz CT molecular complexity index is 1280. The van der Waals surface area contributed by atoms with Gasteiger partial charge < -0.3 is 4.74 Å². The number of halogens is 1. The topological polar surface area (TPSA) is 67.8 Å². The molecule has 1 amide bonds. The highest BCUT2D eigenvalue weighted by atomic mass is 79.9. The molecule has 0 unspecified atom stereocenters. The smallest absolute Gasteiger partial charge is 0.343 e. The molecular formula is C25H17BrN2O3. The molecule has 0 aliphatic carbocycles. The Morgan fingerprint density at radius 1 is 0.871 bits per heavy atom. The van der Waals surface area contributed by atoms with E-state index in [9.17, 15) is 9.59 Å². The van der Waals surface area contributed by atoms with Crippen molar-refractivity contribution in [3.63, 3.8) is 0 Å². The van der Waals surface area contributed by atoms with Crippen LogP contribution in [0.2, 0.25) is 0 Å². The lowest BCUT2D eigenvalue weighted by Crippen LogP contribution is -2.18. The van der Waals surface area contributed by atoms with E-state index in [1.807, 2.05) is 42.5 Å². The van der Waals surface area contributed by atoms with Crippen LogP contribution in [0.25, 0.3) is 10.8 Å². The molecule has 0 saturated carbocycles. The van der Waals surface area contributed by atoms with E-state index >= 15 is 0 Å². The van der Waals surface area contributed by atoms with Gasteiger partial charge in [0.2, 0.25) is 0 Å². The first kappa shape index (κ1) is 20.5. The van der Waals surface area contributed by atoms with Gasteiger partial charge in [-0.2, -0.15) is 5.10 Å². The molecule has 1 N–H and O–H groups in total. The Kier molecular flexibility index (Phi) is 6.19. The molecule has 0 aliphatic heterocycles. The molecular weight excluding hydrogens is 456 g/mol. The third kappa shape index (κ3) is 4.87. The van der Waals surface area contributed by atoms with Crippen LogP contribution in [-0.4, -0.2) is 18.1 Å². The second-order valence-corrected chi connectivity index (χ2v) is 7.58. The average Bonchev–Trinajstić information content (AvgIpc) is 2.80. The third-order valence-electron chi connectivity index (χ3n) is 4.59. The number of carbonyl (C=O) groups excluding carboxylic acids is 2. The average molecular weight is 473 g/mol. The number of ether oxygens (including phenoxy) is 1. The first-order valence-corrected chi connectivity index (χ1v) is 10.3. The standard InChI is InChI=1S/C25H17BrN2O3/c26-20-13-14-23(31-25(30)18-8-2-1-3-9-18)19(15-20)16-27-28-24(29)22-12-6-10-17-7-4-5-11-21(17)22/h1-16H,(H,28,29)/b27-16-. The van der Waals surface area contributed by atoms with Gasteiger partial charge in [-0.1, -0.05) is 70.5 Å². The molecule has 0 aromatic heterocycles. The summed E-state index contributed by atoms with van der Waals surface area (Å²) in [6.45, 7) is 0. The minimum Gasteiger partial charge on any atom is -0.422 e. The van der Waals surface area contributed by atoms with Crippen LogP contribution in [0.5, 0.6) is 5.75 Å². The summed E-state index contributed by atoms with van der Waals surface area (Å²) in [6, 6.07) is 27.1. The number of nitrogens with zero attached hydrogens (tertiary/aromatic N) is 1. The number of nitrogens with one attached hydrogen (secondary N) is 1. The number of carbonyl (C=O) groups is 2. The number of hydrogen-bond donors (Lipinski definition) is 1. The van der Waals surface area contributed by atoms with Crippen molar-refractivity contribution in [3.8, 4) is 5.75 Å². The highest BCUT2D eigenvalue weighted by Crippen LogP contribution is 2.23. The number of hydrogen-bond acceptors (Lipinski definition) is 4. The highest BCUT2D eigenvalue weighted by molar-refractivity contribution is 9.10. The minimum absolute atomic E-state index is 0.328. The fourth-order valence-electron chi connectivity index (χ4n) is 3.09. The monoisotopic (exact) mass is 472 g/mol. The summed E-state index contributed by atoms with van der Waals surface area (Å²) >= 11 is 3.40. The van der Waals surface area contributed by atoms with E-state index < -0.39 is 5.97 Å². The zero-order valence-electron chi connectivity index (χ0n) is 16.3. The van der Waals surface area contributed by atoms with E-state index in [4.69, 9.17) is 4.74 Å². The van der Waals surface area contributed by atoms with Crippen LogP contribution in [0, 0.1) is 0 Å². The van der Waals surface area contributed by atoms with Crippen molar-refractivity contribution in [2.24, 2.45) is 5.10 Å². The molecule has 4 aromatic carbocycles. The normalized spacial score (nSPS) is 10.9. The van der Waals surface area contributed by atoms with Gasteiger partial charge in [-0.3, -0.25) is 4.79 Å². The van der Waals surface area contributed by atoms with Crippen LogP contribution < -0.4 is 10.2 Å². The molecule has 31 heavy (non-hydrogen) atoms. The Morgan fingerprint density at radius 2 is 1.61 bits per heavy atom. The molecule has 0 fully saturated rings. The highest BCUT2D eigenvalue weighted by Gasteiger charge is 2.12. The number of esters is 1. The van der Waals surface area contributed by atoms with Crippen molar-refractivity contribution in [1.29, 1.82) is 0 Å². The van der Waals surface area contributed by atoms with Gasteiger partial charge >= 0.3 is 5.97 Å².